The Bertz CT molecular complexity index is 991. The fraction of sp³-hybridized carbons (Fsp3) is 0.417. The first-order valence-corrected chi connectivity index (χ1v) is 10.7. The Morgan fingerprint density at radius 3 is 2.53 bits per heavy atom. The predicted octanol–water partition coefficient (Wildman–Crippen LogP) is 3.45. The summed E-state index contributed by atoms with van der Waals surface area (Å²) in [6.07, 6.45) is 3.02. The number of nitrogens with zero attached hydrogens (tertiary/aromatic N) is 3. The van der Waals surface area contributed by atoms with E-state index in [1.54, 1.807) is 12.1 Å². The number of carbonyl (C=O) groups excluding carboxylic acids is 1. The highest BCUT2D eigenvalue weighted by Crippen LogP contribution is 2.36. The highest BCUT2D eigenvalue weighted by molar-refractivity contribution is 5.76. The van der Waals surface area contributed by atoms with Crippen molar-refractivity contribution in [1.29, 1.82) is 5.26 Å². The lowest BCUT2D eigenvalue weighted by molar-refractivity contribution is 0.0715. The van der Waals surface area contributed by atoms with E-state index in [1.165, 1.54) is 12.1 Å². The van der Waals surface area contributed by atoms with Crippen LogP contribution in [0.25, 0.3) is 0 Å². The monoisotopic (exact) mass is 404 g/mol. The topological polar surface area (TPSA) is 59.4 Å². The minimum absolute atomic E-state index is 0.0731. The zero-order valence-corrected chi connectivity index (χ0v) is 16.9. The Kier molecular flexibility index (Phi) is 4.92. The Morgan fingerprint density at radius 1 is 1.10 bits per heavy atom. The number of amides is 2. The zero-order valence-electron chi connectivity index (χ0n) is 16.9. The van der Waals surface area contributed by atoms with Crippen molar-refractivity contribution >= 4 is 6.03 Å². The molecule has 4 aliphatic rings. The normalized spacial score (nSPS) is 27.3. The molecule has 0 aliphatic carbocycles. The average Bonchev–Trinajstić information content (AvgIpc) is 2.79. The van der Waals surface area contributed by atoms with Crippen molar-refractivity contribution in [3.63, 3.8) is 0 Å². The number of urea groups is 1. The van der Waals surface area contributed by atoms with Crippen LogP contribution in [0.15, 0.2) is 42.5 Å². The van der Waals surface area contributed by atoms with Gasteiger partial charge in [-0.25, -0.2) is 9.18 Å². The predicted molar refractivity (Wildman–Crippen MR) is 111 cm³/mol. The van der Waals surface area contributed by atoms with E-state index >= 15 is 0 Å². The Labute approximate surface area is 176 Å². The summed E-state index contributed by atoms with van der Waals surface area (Å²) >= 11 is 0. The molecule has 2 aromatic rings. The van der Waals surface area contributed by atoms with Crippen LogP contribution in [-0.2, 0) is 6.42 Å². The highest BCUT2D eigenvalue weighted by atomic mass is 19.1. The molecule has 0 aromatic heterocycles. The highest BCUT2D eigenvalue weighted by Gasteiger charge is 2.38. The van der Waals surface area contributed by atoms with E-state index in [9.17, 15) is 14.4 Å². The first-order chi connectivity index (χ1) is 14.6. The van der Waals surface area contributed by atoms with Gasteiger partial charge in [0.2, 0.25) is 0 Å². The molecule has 30 heavy (non-hydrogen) atoms. The van der Waals surface area contributed by atoms with Gasteiger partial charge in [-0.3, -0.25) is 0 Å². The molecule has 4 aliphatic heterocycles. The number of carbonyl (C=O) groups is 1. The Balaban J connectivity index is 1.47. The van der Waals surface area contributed by atoms with E-state index in [2.05, 4.69) is 16.3 Å². The van der Waals surface area contributed by atoms with Gasteiger partial charge < -0.3 is 15.1 Å². The maximum Gasteiger partial charge on any atom is 0.318 e. The summed E-state index contributed by atoms with van der Waals surface area (Å²) < 4.78 is 13.6. The molecule has 6 heteroatoms. The van der Waals surface area contributed by atoms with Gasteiger partial charge in [0.1, 0.15) is 5.82 Å². The summed E-state index contributed by atoms with van der Waals surface area (Å²) in [5.41, 5.74) is 3.52. The van der Waals surface area contributed by atoms with Crippen LogP contribution >= 0.6 is 0 Å². The summed E-state index contributed by atoms with van der Waals surface area (Å²) in [6.45, 7) is 3.76. The van der Waals surface area contributed by atoms with Crippen LogP contribution < -0.4 is 5.32 Å². The standard InChI is InChI=1S/C24H25FN4O/c25-20-5-3-19(4-6-20)23-21-13-16(14-26)1-2-17(21)9-12-29(23)24(30)27-22-15-28-10-7-18(22)8-11-28/h1-6,13,18,22-23H,7-12,15H2,(H,27,30)/t22-,23-/m1/s1. The van der Waals surface area contributed by atoms with E-state index in [0.717, 1.165) is 55.6 Å². The molecule has 2 bridgehead atoms. The van der Waals surface area contributed by atoms with Gasteiger partial charge in [-0.05, 0) is 79.2 Å². The number of rotatable bonds is 2. The van der Waals surface area contributed by atoms with Crippen molar-refractivity contribution in [1.82, 2.24) is 15.1 Å². The van der Waals surface area contributed by atoms with Crippen LogP contribution in [0.2, 0.25) is 0 Å². The molecular weight excluding hydrogens is 379 g/mol. The van der Waals surface area contributed by atoms with Gasteiger partial charge >= 0.3 is 6.03 Å². The Morgan fingerprint density at radius 2 is 1.87 bits per heavy atom. The summed E-state index contributed by atoms with van der Waals surface area (Å²) in [5, 5.41) is 12.7. The number of nitriles is 1. The second-order valence-electron chi connectivity index (χ2n) is 8.62. The number of piperidine rings is 3. The SMILES string of the molecule is N#Cc1ccc2c(c1)[C@@H](c1ccc(F)cc1)N(C(=O)N[C@@H]1CN3CCC1CC3)CC2. The van der Waals surface area contributed by atoms with E-state index in [-0.39, 0.29) is 23.9 Å². The van der Waals surface area contributed by atoms with Crippen LogP contribution in [-0.4, -0.2) is 48.1 Å². The minimum Gasteiger partial charge on any atom is -0.334 e. The second-order valence-corrected chi connectivity index (χ2v) is 8.62. The Hall–Kier alpha value is -2.91. The molecule has 0 unspecified atom stereocenters. The lowest BCUT2D eigenvalue weighted by atomic mass is 9.84. The third-order valence-corrected chi connectivity index (χ3v) is 6.91. The van der Waals surface area contributed by atoms with Crippen molar-refractivity contribution in [3.8, 4) is 6.07 Å². The van der Waals surface area contributed by atoms with E-state index in [1.807, 2.05) is 23.1 Å². The summed E-state index contributed by atoms with van der Waals surface area (Å²) in [7, 11) is 0. The number of benzene rings is 2. The quantitative estimate of drug-likeness (QED) is 0.834. The summed E-state index contributed by atoms with van der Waals surface area (Å²) in [6, 6.07) is 14.0. The van der Waals surface area contributed by atoms with Crippen molar-refractivity contribution < 1.29 is 9.18 Å². The smallest absolute Gasteiger partial charge is 0.318 e. The van der Waals surface area contributed by atoms with Gasteiger partial charge in [-0.2, -0.15) is 5.26 Å². The van der Waals surface area contributed by atoms with Crippen molar-refractivity contribution in [3.05, 3.63) is 70.5 Å². The molecule has 154 valence electrons. The molecule has 2 amide bonds. The van der Waals surface area contributed by atoms with E-state index < -0.39 is 0 Å². The van der Waals surface area contributed by atoms with Crippen LogP contribution in [0.3, 0.4) is 0 Å². The van der Waals surface area contributed by atoms with Crippen LogP contribution in [0.1, 0.15) is 41.1 Å². The number of halogens is 1. The van der Waals surface area contributed by atoms with Crippen molar-refractivity contribution in [2.45, 2.75) is 31.3 Å². The van der Waals surface area contributed by atoms with Crippen molar-refractivity contribution in [2.75, 3.05) is 26.2 Å². The van der Waals surface area contributed by atoms with Gasteiger partial charge in [0, 0.05) is 19.1 Å². The zero-order chi connectivity index (χ0) is 20.7. The largest absolute Gasteiger partial charge is 0.334 e. The van der Waals surface area contributed by atoms with E-state index in [0.29, 0.717) is 18.0 Å². The van der Waals surface area contributed by atoms with Gasteiger partial charge in [0.15, 0.2) is 0 Å². The third-order valence-electron chi connectivity index (χ3n) is 6.91. The minimum atomic E-state index is -0.330. The molecule has 1 N–H and O–H groups in total. The maximum absolute atomic E-state index is 13.6. The lowest BCUT2D eigenvalue weighted by Gasteiger charge is -2.46. The molecule has 5 nitrogen and oxygen atoms in total. The number of fused-ring (bicyclic) bond motifs is 4. The van der Waals surface area contributed by atoms with Crippen LogP contribution in [0, 0.1) is 23.1 Å². The third kappa shape index (κ3) is 3.44. The maximum atomic E-state index is 13.6. The van der Waals surface area contributed by atoms with Gasteiger partial charge in [0.25, 0.3) is 0 Å². The van der Waals surface area contributed by atoms with Gasteiger partial charge in [0.05, 0.1) is 17.7 Å². The average molecular weight is 404 g/mol. The van der Waals surface area contributed by atoms with Crippen LogP contribution in [0.5, 0.6) is 0 Å². The molecule has 0 radical (unpaired) electrons. The fourth-order valence-electron chi connectivity index (χ4n) is 5.28. The number of nitrogens with one attached hydrogen (secondary N) is 1. The first kappa shape index (κ1) is 19.1. The molecule has 4 heterocycles. The molecule has 0 saturated carbocycles. The summed E-state index contributed by atoms with van der Waals surface area (Å²) in [4.78, 5) is 17.7. The lowest BCUT2D eigenvalue weighted by Crippen LogP contribution is -2.59. The molecule has 2 aromatic carbocycles. The van der Waals surface area contributed by atoms with Crippen LogP contribution in [0.4, 0.5) is 9.18 Å². The van der Waals surface area contributed by atoms with E-state index in [4.69, 9.17) is 0 Å². The van der Waals surface area contributed by atoms with Gasteiger partial charge in [-0.1, -0.05) is 18.2 Å². The molecule has 6 rings (SSSR count). The van der Waals surface area contributed by atoms with Crippen molar-refractivity contribution in [2.24, 2.45) is 5.92 Å². The molecular formula is C24H25FN4O. The molecule has 0 spiro atoms. The molecule has 3 saturated heterocycles. The fourth-order valence-corrected chi connectivity index (χ4v) is 5.28. The number of hydrogen-bond donors (Lipinski definition) is 1. The second kappa shape index (κ2) is 7.73. The molecule has 2 atom stereocenters. The number of hydrogen-bond acceptors (Lipinski definition) is 3. The summed E-state index contributed by atoms with van der Waals surface area (Å²) in [5.74, 6) is 0.245. The van der Waals surface area contributed by atoms with Gasteiger partial charge in [-0.15, -0.1) is 0 Å². The first-order valence-electron chi connectivity index (χ1n) is 10.7. The molecule has 3 fully saturated rings.